The monoisotopic (exact) mass is 699 g/mol. The molecule has 1 heterocycles. The van der Waals surface area contributed by atoms with Gasteiger partial charge in [-0.2, -0.15) is 22.0 Å². The van der Waals surface area contributed by atoms with Crippen LogP contribution in [0.1, 0.15) is 40.9 Å². The van der Waals surface area contributed by atoms with Crippen LogP contribution in [-0.4, -0.2) is 81.7 Å². The summed E-state index contributed by atoms with van der Waals surface area (Å²) in [5.41, 5.74) is 0.379. The number of amides is 2. The number of hydrogen-bond acceptors (Lipinski definition) is 7. The number of likely N-dealkylation sites (N-methyl/N-ethyl adjacent to an activating group) is 1. The van der Waals surface area contributed by atoms with E-state index in [2.05, 4.69) is 10.1 Å². The fourth-order valence-electron chi connectivity index (χ4n) is 5.24. The van der Waals surface area contributed by atoms with Gasteiger partial charge in [0.05, 0.1) is 41.4 Å². The topological polar surface area (TPSA) is 125 Å². The summed E-state index contributed by atoms with van der Waals surface area (Å²) in [6.45, 7) is -1.82. The highest BCUT2D eigenvalue weighted by Crippen LogP contribution is 2.33. The standard InChI is InChI=1S/C32H34F5N3O7S/c1-3-48(44,45)27-14-6-20(7-15-27)28(18-39(2)31(42)43)38-29(41)21-4-10-23(11-5-21)40-17-26(16-24(40)19-46-30(33)34)47-25-12-8-22(9-13-25)32(35,36)37/h4-15,24,26,28,30H,3,16-19H2,1-2H3,(H,38,41)(H,42,43)/t24-,26-,28?/m0/s1. The second-order valence-electron chi connectivity index (χ2n) is 11.1. The molecule has 3 atom stereocenters. The number of carboxylic acid groups (broad SMARTS) is 1. The molecular formula is C32H34F5N3O7S. The molecule has 1 aliphatic heterocycles. The Hall–Kier alpha value is -4.44. The molecule has 3 aromatic carbocycles. The highest BCUT2D eigenvalue weighted by atomic mass is 32.2. The number of benzene rings is 3. The molecule has 0 aliphatic carbocycles. The first-order chi connectivity index (χ1) is 22.6. The first kappa shape index (κ1) is 36.4. The molecule has 1 saturated heterocycles. The van der Waals surface area contributed by atoms with Gasteiger partial charge >= 0.3 is 18.9 Å². The van der Waals surface area contributed by atoms with Gasteiger partial charge in [0.1, 0.15) is 11.9 Å². The Morgan fingerprint density at radius 3 is 2.19 bits per heavy atom. The van der Waals surface area contributed by atoms with Crippen molar-refractivity contribution in [3.05, 3.63) is 89.5 Å². The third-order valence-electron chi connectivity index (χ3n) is 7.85. The summed E-state index contributed by atoms with van der Waals surface area (Å²) >= 11 is 0. The molecular weight excluding hydrogens is 665 g/mol. The molecule has 2 N–H and O–H groups in total. The van der Waals surface area contributed by atoms with E-state index >= 15 is 0 Å². The van der Waals surface area contributed by atoms with Gasteiger partial charge in [0.25, 0.3) is 5.91 Å². The van der Waals surface area contributed by atoms with E-state index < -0.39 is 58.4 Å². The molecule has 16 heteroatoms. The van der Waals surface area contributed by atoms with E-state index in [-0.39, 0.29) is 48.1 Å². The van der Waals surface area contributed by atoms with E-state index in [0.717, 1.165) is 17.0 Å². The van der Waals surface area contributed by atoms with Crippen LogP contribution in [0.2, 0.25) is 0 Å². The second-order valence-corrected chi connectivity index (χ2v) is 13.4. The second kappa shape index (κ2) is 15.2. The van der Waals surface area contributed by atoms with Gasteiger partial charge in [-0.15, -0.1) is 0 Å². The molecule has 10 nitrogen and oxygen atoms in total. The Balaban J connectivity index is 1.49. The molecule has 0 spiro atoms. The minimum atomic E-state index is -4.51. The Morgan fingerprint density at radius 1 is 1.02 bits per heavy atom. The van der Waals surface area contributed by atoms with Crippen molar-refractivity contribution in [3.8, 4) is 5.75 Å². The largest absolute Gasteiger partial charge is 0.489 e. The lowest BCUT2D eigenvalue weighted by molar-refractivity contribution is -0.137. The van der Waals surface area contributed by atoms with Crippen molar-refractivity contribution >= 4 is 27.5 Å². The molecule has 0 saturated carbocycles. The summed E-state index contributed by atoms with van der Waals surface area (Å²) < 4.78 is 99.5. The third kappa shape index (κ3) is 9.34. The normalized spacial score (nSPS) is 17.3. The molecule has 0 radical (unpaired) electrons. The molecule has 0 bridgehead atoms. The maximum atomic E-state index is 13.3. The number of ether oxygens (including phenoxy) is 2. The molecule has 0 aromatic heterocycles. The van der Waals surface area contributed by atoms with Gasteiger partial charge in [0.15, 0.2) is 9.84 Å². The zero-order valence-corrected chi connectivity index (χ0v) is 26.7. The molecule has 1 aliphatic rings. The number of alkyl halides is 5. The summed E-state index contributed by atoms with van der Waals surface area (Å²) in [5.74, 6) is -0.479. The van der Waals surface area contributed by atoms with Crippen molar-refractivity contribution < 1.29 is 54.5 Å². The van der Waals surface area contributed by atoms with Crippen molar-refractivity contribution in [2.75, 3.05) is 37.4 Å². The lowest BCUT2D eigenvalue weighted by Gasteiger charge is -2.26. The Kier molecular flexibility index (Phi) is 11.5. The number of halogens is 5. The van der Waals surface area contributed by atoms with E-state index in [4.69, 9.17) is 4.74 Å². The van der Waals surface area contributed by atoms with Crippen LogP contribution in [0.25, 0.3) is 0 Å². The Bertz CT molecular complexity index is 1660. The van der Waals surface area contributed by atoms with Gasteiger partial charge in [0.2, 0.25) is 0 Å². The van der Waals surface area contributed by atoms with Crippen LogP contribution in [0.15, 0.2) is 77.7 Å². The van der Waals surface area contributed by atoms with E-state index in [1.165, 1.54) is 62.5 Å². The van der Waals surface area contributed by atoms with Crippen LogP contribution in [0.5, 0.6) is 5.75 Å². The SMILES string of the molecule is CCS(=O)(=O)c1ccc(C(CN(C)C(=O)O)NC(=O)c2ccc(N3C[C@@H](Oc4ccc(C(F)(F)F)cc4)C[C@H]3COC(F)F)cc2)cc1. The Labute approximate surface area is 274 Å². The Morgan fingerprint density at radius 2 is 1.65 bits per heavy atom. The highest BCUT2D eigenvalue weighted by molar-refractivity contribution is 7.91. The van der Waals surface area contributed by atoms with Gasteiger partial charge in [-0.3, -0.25) is 4.79 Å². The van der Waals surface area contributed by atoms with Crippen molar-refractivity contribution in [1.29, 1.82) is 0 Å². The number of nitrogens with one attached hydrogen (secondary N) is 1. The van der Waals surface area contributed by atoms with Crippen LogP contribution >= 0.6 is 0 Å². The summed E-state index contributed by atoms with van der Waals surface area (Å²) in [6, 6.07) is 14.7. The quantitative estimate of drug-likeness (QED) is 0.213. The maximum Gasteiger partial charge on any atom is 0.416 e. The number of carbonyl (C=O) groups excluding carboxylic acids is 1. The summed E-state index contributed by atoms with van der Waals surface area (Å²) in [6.07, 6.45) is -6.08. The zero-order valence-electron chi connectivity index (χ0n) is 25.9. The third-order valence-corrected chi connectivity index (χ3v) is 9.60. The lowest BCUT2D eigenvalue weighted by Crippen LogP contribution is -2.38. The van der Waals surface area contributed by atoms with Crippen LogP contribution in [0.3, 0.4) is 0 Å². The molecule has 3 aromatic rings. The average Bonchev–Trinajstić information content (AvgIpc) is 3.45. The predicted octanol–water partition coefficient (Wildman–Crippen LogP) is 5.85. The number of sulfone groups is 1. The van der Waals surface area contributed by atoms with Crippen LogP contribution in [-0.2, 0) is 20.8 Å². The number of hydrogen-bond donors (Lipinski definition) is 2. The average molecular weight is 700 g/mol. The first-order valence-corrected chi connectivity index (χ1v) is 16.4. The number of anilines is 1. The molecule has 1 unspecified atom stereocenters. The van der Waals surface area contributed by atoms with Crippen LogP contribution in [0.4, 0.5) is 32.4 Å². The summed E-state index contributed by atoms with van der Waals surface area (Å²) in [4.78, 5) is 27.6. The summed E-state index contributed by atoms with van der Waals surface area (Å²) in [7, 11) is -2.15. The number of nitrogens with zero attached hydrogens (tertiary/aromatic N) is 2. The summed E-state index contributed by atoms with van der Waals surface area (Å²) in [5, 5.41) is 12.2. The van der Waals surface area contributed by atoms with Crippen LogP contribution < -0.4 is 15.0 Å². The highest BCUT2D eigenvalue weighted by Gasteiger charge is 2.35. The number of carbonyl (C=O) groups is 2. The molecule has 4 rings (SSSR count). The fraction of sp³-hybridized carbons (Fsp3) is 0.375. The molecule has 48 heavy (non-hydrogen) atoms. The van der Waals surface area contributed by atoms with Gasteiger partial charge in [-0.05, 0) is 66.2 Å². The molecule has 1 fully saturated rings. The van der Waals surface area contributed by atoms with E-state index in [0.29, 0.717) is 11.3 Å². The van der Waals surface area contributed by atoms with Gasteiger partial charge in [-0.1, -0.05) is 19.1 Å². The van der Waals surface area contributed by atoms with Gasteiger partial charge in [0, 0.05) is 31.3 Å². The van der Waals surface area contributed by atoms with E-state index in [9.17, 15) is 45.1 Å². The van der Waals surface area contributed by atoms with Crippen molar-refractivity contribution in [1.82, 2.24) is 10.2 Å². The fourth-order valence-corrected chi connectivity index (χ4v) is 6.12. The predicted molar refractivity (Wildman–Crippen MR) is 165 cm³/mol. The minimum Gasteiger partial charge on any atom is -0.489 e. The van der Waals surface area contributed by atoms with E-state index in [1.807, 2.05) is 0 Å². The number of rotatable bonds is 13. The first-order valence-electron chi connectivity index (χ1n) is 14.8. The molecule has 2 amide bonds. The van der Waals surface area contributed by atoms with Crippen LogP contribution in [0, 0.1) is 0 Å². The van der Waals surface area contributed by atoms with Crippen molar-refractivity contribution in [2.45, 2.75) is 49.2 Å². The zero-order chi connectivity index (χ0) is 35.2. The lowest BCUT2D eigenvalue weighted by atomic mass is 10.1. The molecule has 260 valence electrons. The minimum absolute atomic E-state index is 0.0900. The van der Waals surface area contributed by atoms with Gasteiger partial charge in [-0.25, -0.2) is 13.2 Å². The van der Waals surface area contributed by atoms with Crippen molar-refractivity contribution in [2.24, 2.45) is 0 Å². The van der Waals surface area contributed by atoms with Gasteiger partial charge < -0.3 is 29.7 Å². The van der Waals surface area contributed by atoms with E-state index in [1.54, 1.807) is 17.0 Å². The smallest absolute Gasteiger partial charge is 0.416 e. The maximum absolute atomic E-state index is 13.3. The van der Waals surface area contributed by atoms with Crippen molar-refractivity contribution in [3.63, 3.8) is 0 Å².